The first-order valence-electron chi connectivity index (χ1n) is 36.8. The predicted molar refractivity (Wildman–Crippen MR) is 422 cm³/mol. The van der Waals surface area contributed by atoms with Crippen LogP contribution >= 0.6 is 34.8 Å². The highest BCUT2D eigenvalue weighted by Gasteiger charge is 2.24. The topological polar surface area (TPSA) is 122 Å². The molecule has 13 rings (SSSR count). The maximum absolute atomic E-state index is 12.2. The molecular formula is C84H102Cl3N9O7. The fourth-order valence-electron chi connectivity index (χ4n) is 14.8. The second-order valence-electron chi connectivity index (χ2n) is 27.7. The Morgan fingerprint density at radius 1 is 0.408 bits per heavy atom. The van der Waals surface area contributed by atoms with Crippen LogP contribution in [0.15, 0.2) is 158 Å². The molecule has 0 saturated carbocycles. The number of halogens is 3. The first-order valence-corrected chi connectivity index (χ1v) is 37.9. The van der Waals surface area contributed by atoms with Gasteiger partial charge in [0.1, 0.15) is 42.8 Å². The fourth-order valence-corrected chi connectivity index (χ4v) is 15.3. The lowest BCUT2D eigenvalue weighted by molar-refractivity contribution is 0.101. The number of piperazine rings is 3. The van der Waals surface area contributed by atoms with E-state index in [1.54, 1.807) is 27.9 Å². The van der Waals surface area contributed by atoms with Gasteiger partial charge in [0, 0.05) is 202 Å². The number of rotatable bonds is 29. The van der Waals surface area contributed by atoms with Gasteiger partial charge in [-0.3, -0.25) is 29.1 Å². The summed E-state index contributed by atoms with van der Waals surface area (Å²) in [6, 6.07) is 45.5. The number of hydrogen-bond acceptors (Lipinski definition) is 13. The van der Waals surface area contributed by atoms with Crippen molar-refractivity contribution < 1.29 is 33.3 Å². The minimum Gasteiger partial charge on any atom is -0.495 e. The lowest BCUT2D eigenvalue weighted by Crippen LogP contribution is -2.48. The van der Waals surface area contributed by atoms with Crippen LogP contribution in [-0.2, 0) is 26.1 Å². The molecule has 0 amide bonds. The number of carbonyl (C=O) groups excluding carboxylic acids is 3. The molecule has 1 unspecified atom stereocenters. The molecule has 1 atom stereocenters. The Morgan fingerprint density at radius 2 is 0.825 bits per heavy atom. The van der Waals surface area contributed by atoms with E-state index in [0.29, 0.717) is 25.7 Å². The second-order valence-corrected chi connectivity index (χ2v) is 29.0. The molecule has 3 aliphatic heterocycles. The summed E-state index contributed by atoms with van der Waals surface area (Å²) in [6.07, 6.45) is 9.22. The molecular weight excluding hydrogens is 1350 g/mol. The van der Waals surface area contributed by atoms with Gasteiger partial charge in [-0.2, -0.15) is 0 Å². The molecule has 103 heavy (non-hydrogen) atoms. The number of ketones is 3. The van der Waals surface area contributed by atoms with Gasteiger partial charge in [0.05, 0.1) is 23.7 Å². The monoisotopic (exact) mass is 1450 g/mol. The number of ether oxygens (including phenoxy) is 4. The van der Waals surface area contributed by atoms with E-state index in [2.05, 4.69) is 106 Å². The molecule has 16 nitrogen and oxygen atoms in total. The molecule has 0 spiro atoms. The predicted octanol–water partition coefficient (Wildman–Crippen LogP) is 16.0. The summed E-state index contributed by atoms with van der Waals surface area (Å²) in [5, 5.41) is 7.44. The van der Waals surface area contributed by atoms with E-state index in [1.165, 1.54) is 22.2 Å². The van der Waals surface area contributed by atoms with Crippen LogP contribution in [0.5, 0.6) is 23.0 Å². The Balaban J connectivity index is 0.000000155. The van der Waals surface area contributed by atoms with Crippen molar-refractivity contribution in [3.63, 3.8) is 0 Å². The SMILES string of the molecule is CC(=O)c1cn(CCCN2CCN(CCOc3ccc(Cl)c4ccccc34)CC2)c2c(C)cccc12.CCc1cccc2c(C(C)=O)cn(CCCN3CCN(CCOc4ccc(Cl)cc4)CC3)c12.COc1cccc2c(C(C)=O)cn(CC(C)CN3CCN(CCOc4ccc(Cl)cc4)CC3)c12. The lowest BCUT2D eigenvalue weighted by atomic mass is 10.1. The highest BCUT2D eigenvalue weighted by molar-refractivity contribution is 6.35. The van der Waals surface area contributed by atoms with Crippen molar-refractivity contribution in [2.75, 3.05) is 145 Å². The average Bonchev–Trinajstić information content (AvgIpc) is 1.66. The number of Topliss-reactive ketones (excluding diaryl/α,β-unsaturated/α-hetero) is 3. The molecule has 7 aromatic carbocycles. The standard InChI is InChI=1S/C30H34ClN3O2.C27H34ClN3O3.C27H34ClN3O2/c1-22-7-5-10-26-27(23(2)35)21-34(30(22)26)14-6-13-32-15-17-33(18-16-32)19-20-36-29-12-11-28(31)24-8-3-4-9-25(24)29;1-20(18-31-19-25(21(2)32)24-5-4-6-26(33-3)27(24)31)17-30-13-11-29(12-14-30)15-16-34-23-9-7-22(28)8-10-23;1-3-22-6-4-7-25-26(21(2)32)20-31(27(22)25)13-5-12-29-14-16-30(17-15-29)18-19-33-24-10-8-23(28)9-11-24/h3-5,7-12,21H,6,13-20H2,1-2H3;4-10,19-20H,11-18H2,1-3H3;4,6-11,20H,3,5,12-19H2,1-2H3. The second kappa shape index (κ2) is 37.3. The highest BCUT2D eigenvalue weighted by atomic mass is 35.5. The first kappa shape index (κ1) is 76.4. The molecule has 10 aromatic rings. The Bertz CT molecular complexity index is 4430. The van der Waals surface area contributed by atoms with Gasteiger partial charge in [-0.15, -0.1) is 0 Å². The minimum absolute atomic E-state index is 0.0841. The summed E-state index contributed by atoms with van der Waals surface area (Å²) >= 11 is 18.2. The number of benzene rings is 7. The van der Waals surface area contributed by atoms with Crippen LogP contribution in [0.4, 0.5) is 0 Å². The number of nitrogens with zero attached hydrogens (tertiary/aromatic N) is 9. The summed E-state index contributed by atoms with van der Waals surface area (Å²) < 4.78 is 30.2. The van der Waals surface area contributed by atoms with Crippen molar-refractivity contribution >= 4 is 95.6 Å². The van der Waals surface area contributed by atoms with Crippen molar-refractivity contribution in [1.29, 1.82) is 0 Å². The Labute approximate surface area is 623 Å². The van der Waals surface area contributed by atoms with Crippen LogP contribution in [0.3, 0.4) is 0 Å². The van der Waals surface area contributed by atoms with Gasteiger partial charge in [-0.05, 0) is 144 Å². The molecule has 0 aliphatic carbocycles. The normalized spacial score (nSPS) is 15.4. The fraction of sp³-hybridized carbons (Fsp3) is 0.417. The van der Waals surface area contributed by atoms with Crippen molar-refractivity contribution in [2.45, 2.75) is 80.4 Å². The number of aryl methyl sites for hydroxylation is 4. The first-order chi connectivity index (χ1) is 50.0. The summed E-state index contributed by atoms with van der Waals surface area (Å²) in [4.78, 5) is 51.5. The number of carbonyl (C=O) groups is 3. The van der Waals surface area contributed by atoms with Crippen LogP contribution in [0.2, 0.25) is 15.1 Å². The minimum atomic E-state index is 0.0841. The van der Waals surface area contributed by atoms with Crippen LogP contribution in [0.25, 0.3) is 43.5 Å². The molecule has 6 heterocycles. The van der Waals surface area contributed by atoms with E-state index >= 15 is 0 Å². The zero-order valence-corrected chi connectivity index (χ0v) is 63.5. The summed E-state index contributed by atoms with van der Waals surface area (Å²) in [7, 11) is 1.68. The van der Waals surface area contributed by atoms with Crippen molar-refractivity contribution in [3.05, 3.63) is 201 Å². The number of fused-ring (bicyclic) bond motifs is 4. The van der Waals surface area contributed by atoms with E-state index in [-0.39, 0.29) is 17.3 Å². The van der Waals surface area contributed by atoms with E-state index in [9.17, 15) is 14.4 Å². The molecule has 0 radical (unpaired) electrons. The van der Waals surface area contributed by atoms with Gasteiger partial charge < -0.3 is 47.3 Å². The van der Waals surface area contributed by atoms with E-state index in [0.717, 1.165) is 244 Å². The van der Waals surface area contributed by atoms with E-state index < -0.39 is 0 Å². The highest BCUT2D eigenvalue weighted by Crippen LogP contribution is 2.34. The van der Waals surface area contributed by atoms with Crippen LogP contribution in [0, 0.1) is 12.8 Å². The van der Waals surface area contributed by atoms with Crippen LogP contribution < -0.4 is 18.9 Å². The number of methoxy groups -OCH3 is 1. The van der Waals surface area contributed by atoms with Crippen molar-refractivity contribution in [2.24, 2.45) is 5.92 Å². The average molecular weight is 1460 g/mol. The smallest absolute Gasteiger partial charge is 0.161 e. The number of hydrogen-bond donors (Lipinski definition) is 0. The molecule has 3 aliphatic rings. The van der Waals surface area contributed by atoms with Gasteiger partial charge in [0.2, 0.25) is 0 Å². The van der Waals surface area contributed by atoms with E-state index in [4.69, 9.17) is 53.8 Å². The van der Waals surface area contributed by atoms with Crippen molar-refractivity contribution in [1.82, 2.24) is 43.1 Å². The Hall–Kier alpha value is -7.74. The zero-order valence-electron chi connectivity index (χ0n) is 61.2. The molecule has 3 fully saturated rings. The maximum Gasteiger partial charge on any atom is 0.161 e. The third-order valence-corrected chi connectivity index (χ3v) is 21.2. The third-order valence-electron chi connectivity index (χ3n) is 20.4. The Kier molecular flexibility index (Phi) is 27.7. The van der Waals surface area contributed by atoms with Gasteiger partial charge in [-0.25, -0.2) is 0 Å². The maximum atomic E-state index is 12.2. The molecule has 3 saturated heterocycles. The number of para-hydroxylation sites is 3. The largest absolute Gasteiger partial charge is 0.495 e. The zero-order chi connectivity index (χ0) is 72.4. The Morgan fingerprint density at radius 3 is 1.32 bits per heavy atom. The molecule has 0 N–H and O–H groups in total. The summed E-state index contributed by atoms with van der Waals surface area (Å²) in [5.41, 5.74) is 8.41. The summed E-state index contributed by atoms with van der Waals surface area (Å²) in [5.74, 6) is 4.24. The van der Waals surface area contributed by atoms with E-state index in [1.807, 2.05) is 116 Å². The lowest BCUT2D eigenvalue weighted by Gasteiger charge is -2.36. The molecule has 0 bridgehead atoms. The molecule has 19 heteroatoms. The van der Waals surface area contributed by atoms with Crippen molar-refractivity contribution in [3.8, 4) is 23.0 Å². The number of aromatic nitrogens is 3. The van der Waals surface area contributed by atoms with Crippen LogP contribution in [0.1, 0.15) is 89.7 Å². The van der Waals surface area contributed by atoms with Crippen LogP contribution in [-0.4, -0.2) is 205 Å². The quantitative estimate of drug-likeness (QED) is 0.0414. The van der Waals surface area contributed by atoms with Gasteiger partial charge in [-0.1, -0.05) is 121 Å². The van der Waals surface area contributed by atoms with Gasteiger partial charge in [0.15, 0.2) is 17.3 Å². The molecule has 3 aromatic heterocycles. The third kappa shape index (κ3) is 20.4. The molecule has 546 valence electrons. The van der Waals surface area contributed by atoms with Gasteiger partial charge in [0.25, 0.3) is 0 Å². The van der Waals surface area contributed by atoms with Gasteiger partial charge >= 0.3 is 0 Å². The summed E-state index contributed by atoms with van der Waals surface area (Å²) in [6.45, 7) is 35.1.